The van der Waals surface area contributed by atoms with E-state index in [2.05, 4.69) is 15.5 Å². The van der Waals surface area contributed by atoms with Gasteiger partial charge in [0, 0.05) is 7.11 Å². The van der Waals surface area contributed by atoms with E-state index in [0.29, 0.717) is 9.90 Å². The molecule has 12 heteroatoms. The van der Waals surface area contributed by atoms with Gasteiger partial charge in [0.05, 0.1) is 22.8 Å². The van der Waals surface area contributed by atoms with Gasteiger partial charge in [-0.15, -0.1) is 21.5 Å². The highest BCUT2D eigenvalue weighted by Gasteiger charge is 2.26. The van der Waals surface area contributed by atoms with Crippen molar-refractivity contribution in [3.05, 3.63) is 21.0 Å². The van der Waals surface area contributed by atoms with E-state index in [-0.39, 0.29) is 40.3 Å². The summed E-state index contributed by atoms with van der Waals surface area (Å²) in [5.74, 6) is -1.61. The molecule has 0 unspecified atom stereocenters. The number of hydrogen-bond donors (Lipinski definition) is 2. The molecule has 2 amide bonds. The van der Waals surface area contributed by atoms with E-state index in [9.17, 15) is 14.4 Å². The Kier molecular flexibility index (Phi) is 7.71. The average Bonchev–Trinajstić information content (AvgIpc) is 3.16. The Hall–Kier alpha value is -2.02. The summed E-state index contributed by atoms with van der Waals surface area (Å²) in [6, 6.07) is 0. The van der Waals surface area contributed by atoms with E-state index in [4.69, 9.17) is 15.2 Å². The second-order valence-electron chi connectivity index (χ2n) is 5.18. The number of thioether (sulfide) groups is 1. The van der Waals surface area contributed by atoms with Crippen molar-refractivity contribution in [3.8, 4) is 0 Å². The maximum absolute atomic E-state index is 12.4. The third kappa shape index (κ3) is 5.73. The minimum absolute atomic E-state index is 0.0517. The lowest BCUT2D eigenvalue weighted by Gasteiger charge is -2.07. The van der Waals surface area contributed by atoms with Crippen molar-refractivity contribution in [2.75, 3.05) is 31.4 Å². The Labute approximate surface area is 167 Å². The lowest BCUT2D eigenvalue weighted by Crippen LogP contribution is -2.17. The van der Waals surface area contributed by atoms with Crippen LogP contribution in [0.2, 0.25) is 0 Å². The van der Waals surface area contributed by atoms with Crippen LogP contribution in [-0.4, -0.2) is 54.1 Å². The third-order valence-corrected chi connectivity index (χ3v) is 6.38. The van der Waals surface area contributed by atoms with Gasteiger partial charge >= 0.3 is 5.97 Å². The third-order valence-electron chi connectivity index (χ3n) is 3.18. The van der Waals surface area contributed by atoms with Gasteiger partial charge in [-0.05, 0) is 19.4 Å². The second-order valence-corrected chi connectivity index (χ2v) is 8.60. The molecular formula is C15H18N4O5S3. The summed E-state index contributed by atoms with van der Waals surface area (Å²) in [5, 5.41) is 11.5. The molecule has 0 bridgehead atoms. The molecule has 0 aromatic carbocycles. The number of nitrogens with zero attached hydrogens (tertiary/aromatic N) is 2. The molecule has 2 aromatic rings. The van der Waals surface area contributed by atoms with E-state index in [1.807, 2.05) is 6.92 Å². The van der Waals surface area contributed by atoms with Crippen molar-refractivity contribution in [2.45, 2.75) is 18.2 Å². The normalized spacial score (nSPS) is 10.6. The van der Waals surface area contributed by atoms with Crippen LogP contribution in [0.25, 0.3) is 0 Å². The first-order valence-corrected chi connectivity index (χ1v) is 10.3. The van der Waals surface area contributed by atoms with Crippen molar-refractivity contribution >= 4 is 57.2 Å². The molecule has 0 saturated heterocycles. The van der Waals surface area contributed by atoms with Gasteiger partial charge < -0.3 is 20.5 Å². The van der Waals surface area contributed by atoms with E-state index >= 15 is 0 Å². The summed E-state index contributed by atoms with van der Waals surface area (Å²) in [6.45, 7) is 3.69. The predicted molar refractivity (Wildman–Crippen MR) is 104 cm³/mol. The van der Waals surface area contributed by atoms with Gasteiger partial charge in [0.2, 0.25) is 5.91 Å². The fourth-order valence-corrected chi connectivity index (χ4v) is 4.68. The molecule has 9 nitrogen and oxygen atoms in total. The Balaban J connectivity index is 2.13. The number of carbonyl (C=O) groups is 3. The van der Waals surface area contributed by atoms with Crippen molar-refractivity contribution in [1.29, 1.82) is 0 Å². The van der Waals surface area contributed by atoms with Gasteiger partial charge in [-0.25, -0.2) is 4.79 Å². The van der Waals surface area contributed by atoms with Crippen LogP contribution in [-0.2, 0) is 14.3 Å². The van der Waals surface area contributed by atoms with Crippen LogP contribution in [0.4, 0.5) is 5.00 Å². The summed E-state index contributed by atoms with van der Waals surface area (Å²) in [4.78, 5) is 36.4. The zero-order chi connectivity index (χ0) is 20.0. The van der Waals surface area contributed by atoms with Crippen LogP contribution in [0.1, 0.15) is 30.6 Å². The average molecular weight is 431 g/mol. The molecule has 146 valence electrons. The first-order valence-electron chi connectivity index (χ1n) is 7.65. The van der Waals surface area contributed by atoms with E-state index < -0.39 is 11.9 Å². The predicted octanol–water partition coefficient (Wildman–Crippen LogP) is 1.85. The number of methoxy groups -OCH3 is 1. The fraction of sp³-hybridized carbons (Fsp3) is 0.400. The molecule has 0 radical (unpaired) electrons. The zero-order valence-electron chi connectivity index (χ0n) is 14.9. The number of thiophene rings is 1. The topological polar surface area (TPSA) is 134 Å². The number of nitrogens with one attached hydrogen (secondary N) is 1. The van der Waals surface area contributed by atoms with Gasteiger partial charge in [-0.1, -0.05) is 23.1 Å². The summed E-state index contributed by atoms with van der Waals surface area (Å²) >= 11 is 3.55. The summed E-state index contributed by atoms with van der Waals surface area (Å²) in [5.41, 5.74) is 5.85. The summed E-state index contributed by atoms with van der Waals surface area (Å²) in [7, 11) is 1.48. The lowest BCUT2D eigenvalue weighted by molar-refractivity contribution is -0.113. The van der Waals surface area contributed by atoms with Gasteiger partial charge in [-0.2, -0.15) is 0 Å². The van der Waals surface area contributed by atoms with Gasteiger partial charge in [0.1, 0.15) is 16.6 Å². The minimum Gasteiger partial charge on any atom is -0.460 e. The molecule has 2 aromatic heterocycles. The highest BCUT2D eigenvalue weighted by atomic mass is 32.2. The van der Waals surface area contributed by atoms with Crippen LogP contribution < -0.4 is 11.1 Å². The van der Waals surface area contributed by atoms with Crippen LogP contribution in [0, 0.1) is 13.8 Å². The number of primary amides is 1. The first-order chi connectivity index (χ1) is 12.8. The molecule has 0 fully saturated rings. The molecule has 27 heavy (non-hydrogen) atoms. The number of aromatic nitrogens is 2. The molecule has 2 rings (SSSR count). The highest BCUT2D eigenvalue weighted by molar-refractivity contribution is 8.01. The number of ether oxygens (including phenoxy) is 2. The smallest absolute Gasteiger partial charge is 0.341 e. The molecule has 0 aliphatic carbocycles. The number of anilines is 1. The fourth-order valence-electron chi connectivity index (χ4n) is 2.00. The molecule has 0 aliphatic rings. The number of nitrogens with two attached hydrogens (primary N) is 1. The Morgan fingerprint density at radius 2 is 1.93 bits per heavy atom. The van der Waals surface area contributed by atoms with Crippen LogP contribution >= 0.6 is 34.4 Å². The molecule has 0 spiro atoms. The first kappa shape index (κ1) is 21.3. The molecule has 0 saturated carbocycles. The monoisotopic (exact) mass is 430 g/mol. The molecule has 2 heterocycles. The van der Waals surface area contributed by atoms with Crippen molar-refractivity contribution in [2.24, 2.45) is 5.73 Å². The van der Waals surface area contributed by atoms with E-state index in [1.165, 1.54) is 30.2 Å². The molecule has 0 atom stereocenters. The minimum atomic E-state index is -0.678. The van der Waals surface area contributed by atoms with Crippen molar-refractivity contribution < 1.29 is 23.9 Å². The largest absolute Gasteiger partial charge is 0.460 e. The number of rotatable bonds is 9. The standard InChI is InChI=1S/C15H18N4O5S3/c1-7-10(14(22)24-5-4-23-3)13(27-11(7)12(16)21)17-9(20)6-25-15-19-18-8(2)26-15/h4-6H2,1-3H3,(H2,16,21)(H,17,20). The summed E-state index contributed by atoms with van der Waals surface area (Å²) < 4.78 is 10.6. The number of esters is 1. The van der Waals surface area contributed by atoms with Gasteiger partial charge in [0.25, 0.3) is 5.91 Å². The number of aryl methyl sites for hydroxylation is 1. The van der Waals surface area contributed by atoms with Crippen molar-refractivity contribution in [1.82, 2.24) is 10.2 Å². The van der Waals surface area contributed by atoms with Crippen molar-refractivity contribution in [3.63, 3.8) is 0 Å². The Bertz CT molecular complexity index is 849. The van der Waals surface area contributed by atoms with Gasteiger partial charge in [0.15, 0.2) is 4.34 Å². The van der Waals surface area contributed by atoms with Gasteiger partial charge in [-0.3, -0.25) is 9.59 Å². The van der Waals surface area contributed by atoms with Crippen LogP contribution in [0.5, 0.6) is 0 Å². The SMILES string of the molecule is COCCOC(=O)c1c(NC(=O)CSc2nnc(C)s2)sc(C(N)=O)c1C. The van der Waals surface area contributed by atoms with Crippen LogP contribution in [0.15, 0.2) is 4.34 Å². The number of hydrogen-bond acceptors (Lipinski definition) is 10. The quantitative estimate of drug-likeness (QED) is 0.350. The maximum Gasteiger partial charge on any atom is 0.341 e. The zero-order valence-corrected chi connectivity index (χ0v) is 17.3. The Morgan fingerprint density at radius 1 is 1.19 bits per heavy atom. The Morgan fingerprint density at radius 3 is 2.52 bits per heavy atom. The van der Waals surface area contributed by atoms with Crippen LogP contribution in [0.3, 0.4) is 0 Å². The number of amides is 2. The molecular weight excluding hydrogens is 412 g/mol. The molecule has 0 aliphatic heterocycles. The maximum atomic E-state index is 12.4. The second kappa shape index (κ2) is 9.78. The lowest BCUT2D eigenvalue weighted by atomic mass is 10.1. The van der Waals surface area contributed by atoms with E-state index in [0.717, 1.165) is 16.3 Å². The number of carbonyl (C=O) groups excluding carboxylic acids is 3. The highest BCUT2D eigenvalue weighted by Crippen LogP contribution is 2.34. The van der Waals surface area contributed by atoms with E-state index in [1.54, 1.807) is 6.92 Å². The molecule has 3 N–H and O–H groups in total. The summed E-state index contributed by atoms with van der Waals surface area (Å²) in [6.07, 6.45) is 0.